The minimum atomic E-state index is 0.00645. The zero-order valence-electron chi connectivity index (χ0n) is 19.2. The summed E-state index contributed by atoms with van der Waals surface area (Å²) in [7, 11) is 1.93. The van der Waals surface area contributed by atoms with Crippen molar-refractivity contribution in [3.63, 3.8) is 0 Å². The van der Waals surface area contributed by atoms with Crippen molar-refractivity contribution in [2.75, 3.05) is 39.5 Å². The Morgan fingerprint density at radius 2 is 2.09 bits per heavy atom. The van der Waals surface area contributed by atoms with Crippen LogP contribution in [0.5, 0.6) is 0 Å². The van der Waals surface area contributed by atoms with Gasteiger partial charge in [0.05, 0.1) is 38.6 Å². The summed E-state index contributed by atoms with van der Waals surface area (Å²) in [4.78, 5) is 7.21. The van der Waals surface area contributed by atoms with Gasteiger partial charge in [0.1, 0.15) is 6.10 Å². The van der Waals surface area contributed by atoms with Gasteiger partial charge in [-0.3, -0.25) is 4.68 Å². The molecular weight excluding hydrogens is 406 g/mol. The fourth-order valence-electron chi connectivity index (χ4n) is 4.12. The molecule has 1 N–H and O–H groups in total. The number of ether oxygens (including phenoxy) is 3. The third-order valence-electron chi connectivity index (χ3n) is 5.85. The number of morpholine rings is 1. The highest BCUT2D eigenvalue weighted by Gasteiger charge is 2.25. The summed E-state index contributed by atoms with van der Waals surface area (Å²) in [6.45, 7) is 8.04. The van der Waals surface area contributed by atoms with Crippen LogP contribution in [0.1, 0.15) is 42.6 Å². The van der Waals surface area contributed by atoms with Gasteiger partial charge >= 0.3 is 0 Å². The van der Waals surface area contributed by atoms with Crippen LogP contribution in [0.25, 0.3) is 0 Å². The molecule has 8 nitrogen and oxygen atoms in total. The van der Waals surface area contributed by atoms with Gasteiger partial charge in [-0.1, -0.05) is 24.3 Å². The molecule has 2 saturated heterocycles. The molecule has 3 heterocycles. The van der Waals surface area contributed by atoms with E-state index in [2.05, 4.69) is 46.5 Å². The minimum Gasteiger partial charge on any atom is -0.381 e. The van der Waals surface area contributed by atoms with Crippen molar-refractivity contribution in [3.8, 4) is 0 Å². The molecule has 2 aliphatic heterocycles. The molecule has 0 spiro atoms. The van der Waals surface area contributed by atoms with Gasteiger partial charge in [0, 0.05) is 45.1 Å². The van der Waals surface area contributed by atoms with Gasteiger partial charge in [-0.2, -0.15) is 5.10 Å². The maximum absolute atomic E-state index is 6.08. The molecule has 32 heavy (non-hydrogen) atoms. The van der Waals surface area contributed by atoms with Gasteiger partial charge in [0.15, 0.2) is 5.96 Å². The van der Waals surface area contributed by atoms with Crippen molar-refractivity contribution < 1.29 is 14.2 Å². The normalized spacial score (nSPS) is 20.5. The van der Waals surface area contributed by atoms with Crippen molar-refractivity contribution in [1.29, 1.82) is 0 Å². The SMILES string of the molecule is CCNC(=NCc1cccc(COC2CCOCC2)c1)N1CCOC(c2cnn(C)c2)C1. The zero-order chi connectivity index (χ0) is 22.2. The monoisotopic (exact) mass is 441 g/mol. The predicted octanol–water partition coefficient (Wildman–Crippen LogP) is 2.65. The van der Waals surface area contributed by atoms with Crippen LogP contribution in [0, 0.1) is 0 Å². The van der Waals surface area contributed by atoms with Crippen LogP contribution in [0.2, 0.25) is 0 Å². The number of hydrogen-bond donors (Lipinski definition) is 1. The van der Waals surface area contributed by atoms with Gasteiger partial charge < -0.3 is 24.4 Å². The number of rotatable bonds is 7. The van der Waals surface area contributed by atoms with E-state index in [1.54, 1.807) is 0 Å². The standard InChI is InChI=1S/C24H35N5O3/c1-3-25-24(29-9-12-31-23(17-29)21-15-27-28(2)16-21)26-14-19-5-4-6-20(13-19)18-32-22-7-10-30-11-8-22/h4-6,13,15-16,22-23H,3,7-12,14,17-18H2,1-2H3,(H,25,26). The van der Waals surface area contributed by atoms with E-state index in [0.29, 0.717) is 25.9 Å². The third kappa shape index (κ3) is 6.31. The first kappa shape index (κ1) is 22.8. The Bertz CT molecular complexity index is 878. The van der Waals surface area contributed by atoms with E-state index in [-0.39, 0.29) is 6.10 Å². The van der Waals surface area contributed by atoms with Crippen molar-refractivity contribution in [2.45, 2.75) is 45.1 Å². The number of guanidine groups is 1. The number of hydrogen-bond acceptors (Lipinski definition) is 5. The Morgan fingerprint density at radius 3 is 2.88 bits per heavy atom. The molecule has 0 bridgehead atoms. The Kier molecular flexibility index (Phi) is 8.14. The number of benzene rings is 1. The summed E-state index contributed by atoms with van der Waals surface area (Å²) >= 11 is 0. The molecule has 1 aromatic heterocycles. The van der Waals surface area contributed by atoms with E-state index >= 15 is 0 Å². The highest BCUT2D eigenvalue weighted by molar-refractivity contribution is 5.80. The average molecular weight is 442 g/mol. The highest BCUT2D eigenvalue weighted by Crippen LogP contribution is 2.22. The van der Waals surface area contributed by atoms with Crippen molar-refractivity contribution in [3.05, 3.63) is 53.3 Å². The third-order valence-corrected chi connectivity index (χ3v) is 5.85. The lowest BCUT2D eigenvalue weighted by Crippen LogP contribution is -2.48. The summed E-state index contributed by atoms with van der Waals surface area (Å²) < 4.78 is 19.3. The van der Waals surface area contributed by atoms with Gasteiger partial charge in [-0.25, -0.2) is 4.99 Å². The molecule has 0 amide bonds. The number of aliphatic imine (C=N–C) groups is 1. The molecule has 0 aliphatic carbocycles. The quantitative estimate of drug-likeness (QED) is 0.526. The number of aryl methyl sites for hydroxylation is 1. The van der Waals surface area contributed by atoms with Crippen LogP contribution >= 0.6 is 0 Å². The maximum Gasteiger partial charge on any atom is 0.194 e. The summed E-state index contributed by atoms with van der Waals surface area (Å²) in [6, 6.07) is 8.54. The van der Waals surface area contributed by atoms with E-state index in [0.717, 1.165) is 57.2 Å². The van der Waals surface area contributed by atoms with E-state index in [1.807, 2.05) is 24.1 Å². The van der Waals surface area contributed by atoms with E-state index < -0.39 is 0 Å². The summed E-state index contributed by atoms with van der Waals surface area (Å²) in [6.07, 6.45) is 6.18. The molecule has 0 radical (unpaired) electrons. The van der Waals surface area contributed by atoms with Crippen molar-refractivity contribution in [1.82, 2.24) is 20.0 Å². The first-order valence-corrected chi connectivity index (χ1v) is 11.6. The fraction of sp³-hybridized carbons (Fsp3) is 0.583. The summed E-state index contributed by atoms with van der Waals surface area (Å²) in [5, 5.41) is 7.73. The first-order chi connectivity index (χ1) is 15.7. The smallest absolute Gasteiger partial charge is 0.194 e. The molecular formula is C24H35N5O3. The Hall–Kier alpha value is -2.42. The predicted molar refractivity (Wildman–Crippen MR) is 123 cm³/mol. The van der Waals surface area contributed by atoms with Crippen LogP contribution in [-0.2, 0) is 34.4 Å². The molecule has 2 aromatic rings. The molecule has 174 valence electrons. The average Bonchev–Trinajstić information content (AvgIpc) is 3.28. The van der Waals surface area contributed by atoms with Gasteiger partial charge in [0.25, 0.3) is 0 Å². The maximum atomic E-state index is 6.08. The van der Waals surface area contributed by atoms with Crippen molar-refractivity contribution in [2.24, 2.45) is 12.0 Å². The molecule has 0 saturated carbocycles. The highest BCUT2D eigenvalue weighted by atomic mass is 16.5. The van der Waals surface area contributed by atoms with Crippen LogP contribution in [0.15, 0.2) is 41.7 Å². The number of nitrogens with zero attached hydrogens (tertiary/aromatic N) is 4. The molecule has 2 fully saturated rings. The second kappa shape index (κ2) is 11.4. The van der Waals surface area contributed by atoms with E-state index in [4.69, 9.17) is 19.2 Å². The topological polar surface area (TPSA) is 73.1 Å². The zero-order valence-corrected chi connectivity index (χ0v) is 19.2. The number of aromatic nitrogens is 2. The van der Waals surface area contributed by atoms with Crippen LogP contribution in [0.4, 0.5) is 0 Å². The van der Waals surface area contributed by atoms with E-state index in [1.165, 1.54) is 11.1 Å². The van der Waals surface area contributed by atoms with Crippen LogP contribution in [0.3, 0.4) is 0 Å². The second-order valence-corrected chi connectivity index (χ2v) is 8.37. The minimum absolute atomic E-state index is 0.00645. The molecule has 8 heteroatoms. The lowest BCUT2D eigenvalue weighted by atomic mass is 10.1. The van der Waals surface area contributed by atoms with Crippen LogP contribution in [-0.4, -0.2) is 66.2 Å². The van der Waals surface area contributed by atoms with Gasteiger partial charge in [0.2, 0.25) is 0 Å². The molecule has 4 rings (SSSR count). The first-order valence-electron chi connectivity index (χ1n) is 11.6. The van der Waals surface area contributed by atoms with Gasteiger partial charge in [-0.15, -0.1) is 0 Å². The Labute approximate surface area is 190 Å². The fourth-order valence-corrected chi connectivity index (χ4v) is 4.12. The van der Waals surface area contributed by atoms with Gasteiger partial charge in [-0.05, 0) is 30.9 Å². The number of nitrogens with one attached hydrogen (secondary N) is 1. The molecule has 1 unspecified atom stereocenters. The second-order valence-electron chi connectivity index (χ2n) is 8.37. The molecule has 1 atom stereocenters. The lowest BCUT2D eigenvalue weighted by Gasteiger charge is -2.34. The Morgan fingerprint density at radius 1 is 1.25 bits per heavy atom. The van der Waals surface area contributed by atoms with Crippen molar-refractivity contribution >= 4 is 5.96 Å². The summed E-state index contributed by atoms with van der Waals surface area (Å²) in [5.74, 6) is 0.925. The summed E-state index contributed by atoms with van der Waals surface area (Å²) in [5.41, 5.74) is 3.48. The molecule has 1 aromatic carbocycles. The van der Waals surface area contributed by atoms with E-state index in [9.17, 15) is 0 Å². The van der Waals surface area contributed by atoms with Crippen LogP contribution < -0.4 is 5.32 Å². The lowest BCUT2D eigenvalue weighted by molar-refractivity contribution is -0.0390. The Balaban J connectivity index is 1.37. The largest absolute Gasteiger partial charge is 0.381 e. The molecule has 2 aliphatic rings.